The summed E-state index contributed by atoms with van der Waals surface area (Å²) in [6, 6.07) is 0. The minimum Gasteiger partial charge on any atom is -0.356 e. The number of carbonyl (C=O) groups is 2. The fourth-order valence-corrected chi connectivity index (χ4v) is 3.42. The highest BCUT2D eigenvalue weighted by molar-refractivity contribution is 5.78. The molecule has 9 heteroatoms. The maximum absolute atomic E-state index is 12.2. The average Bonchev–Trinajstić information content (AvgIpc) is 3.21. The molecule has 1 aliphatic heterocycles. The molecule has 0 spiro atoms. The van der Waals surface area contributed by atoms with E-state index in [9.17, 15) is 14.4 Å². The number of likely N-dealkylation sites (tertiary alicyclic amines) is 1. The van der Waals surface area contributed by atoms with Crippen molar-refractivity contribution < 1.29 is 9.59 Å². The van der Waals surface area contributed by atoms with Crippen molar-refractivity contribution in [3.05, 3.63) is 10.5 Å². The van der Waals surface area contributed by atoms with Gasteiger partial charge in [0, 0.05) is 25.6 Å². The Morgan fingerprint density at radius 1 is 1.38 bits per heavy atom. The highest BCUT2D eigenvalue weighted by Crippen LogP contribution is 2.20. The normalized spacial score (nSPS) is 18.3. The Bertz CT molecular complexity index is 653. The lowest BCUT2D eigenvalue weighted by Crippen LogP contribution is -2.34. The van der Waals surface area contributed by atoms with Crippen LogP contribution in [0.5, 0.6) is 0 Å². The Morgan fingerprint density at radius 3 is 2.77 bits per heavy atom. The molecule has 1 aromatic rings. The van der Waals surface area contributed by atoms with E-state index in [4.69, 9.17) is 0 Å². The molecule has 1 fully saturated rings. The second-order valence-corrected chi connectivity index (χ2v) is 7.47. The maximum atomic E-state index is 12.2. The van der Waals surface area contributed by atoms with Gasteiger partial charge in [-0.25, -0.2) is 9.89 Å². The molecule has 1 aliphatic rings. The zero-order valence-electron chi connectivity index (χ0n) is 15.9. The third-order valence-corrected chi connectivity index (χ3v) is 4.86. The van der Waals surface area contributed by atoms with Crippen LogP contribution >= 0.6 is 0 Å². The van der Waals surface area contributed by atoms with Crippen molar-refractivity contribution in [1.29, 1.82) is 0 Å². The van der Waals surface area contributed by atoms with Gasteiger partial charge in [-0.3, -0.25) is 9.59 Å². The minimum absolute atomic E-state index is 0.00786. The van der Waals surface area contributed by atoms with Crippen molar-refractivity contribution in [2.24, 2.45) is 17.8 Å². The number of aromatic nitrogens is 4. The van der Waals surface area contributed by atoms with Gasteiger partial charge in [-0.15, -0.1) is 0 Å². The fourth-order valence-electron chi connectivity index (χ4n) is 3.42. The molecular weight excluding hydrogens is 336 g/mol. The lowest BCUT2D eigenvalue weighted by molar-refractivity contribution is -0.131. The third kappa shape index (κ3) is 5.96. The molecule has 2 N–H and O–H groups in total. The summed E-state index contributed by atoms with van der Waals surface area (Å²) >= 11 is 0. The van der Waals surface area contributed by atoms with Crippen LogP contribution in [0.25, 0.3) is 0 Å². The van der Waals surface area contributed by atoms with Gasteiger partial charge in [-0.2, -0.15) is 4.80 Å². The van der Waals surface area contributed by atoms with Crippen molar-refractivity contribution in [3.63, 3.8) is 0 Å². The zero-order valence-corrected chi connectivity index (χ0v) is 15.9. The number of rotatable bonds is 9. The summed E-state index contributed by atoms with van der Waals surface area (Å²) in [5.41, 5.74) is -0.560. The highest BCUT2D eigenvalue weighted by Gasteiger charge is 2.26. The number of amides is 2. The van der Waals surface area contributed by atoms with Gasteiger partial charge in [0.05, 0.1) is 0 Å². The van der Waals surface area contributed by atoms with Crippen LogP contribution in [0, 0.1) is 17.8 Å². The first-order chi connectivity index (χ1) is 12.4. The number of tetrazole rings is 1. The summed E-state index contributed by atoms with van der Waals surface area (Å²) in [5, 5.41) is 12.3. The van der Waals surface area contributed by atoms with Crippen LogP contribution in [0.2, 0.25) is 0 Å². The van der Waals surface area contributed by atoms with Crippen LogP contribution in [0.15, 0.2) is 4.79 Å². The van der Waals surface area contributed by atoms with E-state index >= 15 is 0 Å². The van der Waals surface area contributed by atoms with E-state index in [2.05, 4.69) is 41.5 Å². The largest absolute Gasteiger partial charge is 0.381 e. The molecule has 2 rings (SSSR count). The molecule has 2 unspecified atom stereocenters. The Hall–Kier alpha value is -2.19. The van der Waals surface area contributed by atoms with E-state index in [1.54, 1.807) is 4.90 Å². The first-order valence-electron chi connectivity index (χ1n) is 9.44. The number of hydrogen-bond donors (Lipinski definition) is 2. The molecule has 0 saturated carbocycles. The minimum atomic E-state index is -0.560. The van der Waals surface area contributed by atoms with E-state index in [1.807, 2.05) is 0 Å². The number of nitrogens with zero attached hydrogens (tertiary/aromatic N) is 4. The molecule has 146 valence electrons. The number of hydrogen-bond acceptors (Lipinski definition) is 5. The standard InChI is InChI=1S/C17H30N6O3/c1-4-14(9-12(2)3)16(25)18-7-5-13-6-8-22(10-13)15(24)11-23-20-17(26)19-21-23/h12-14H,4-11H2,1-3H3,(H,18,25)(H,20,26). The Morgan fingerprint density at radius 2 is 2.15 bits per heavy atom. The molecule has 0 aromatic carbocycles. The molecule has 2 atom stereocenters. The van der Waals surface area contributed by atoms with Crippen LogP contribution in [0.3, 0.4) is 0 Å². The predicted molar refractivity (Wildman–Crippen MR) is 96.2 cm³/mol. The molecule has 0 bridgehead atoms. The lowest BCUT2D eigenvalue weighted by atomic mass is 9.94. The third-order valence-electron chi connectivity index (χ3n) is 4.86. The summed E-state index contributed by atoms with van der Waals surface area (Å²) in [6.07, 6.45) is 3.57. The van der Waals surface area contributed by atoms with Gasteiger partial charge in [0.15, 0.2) is 0 Å². The topological polar surface area (TPSA) is 113 Å². The van der Waals surface area contributed by atoms with Gasteiger partial charge in [-0.1, -0.05) is 25.9 Å². The van der Waals surface area contributed by atoms with E-state index in [0.29, 0.717) is 31.5 Å². The molecule has 0 aliphatic carbocycles. The molecule has 2 amide bonds. The van der Waals surface area contributed by atoms with E-state index in [0.717, 1.165) is 30.5 Å². The molecule has 9 nitrogen and oxygen atoms in total. The molecule has 1 saturated heterocycles. The Balaban J connectivity index is 1.69. The molecule has 26 heavy (non-hydrogen) atoms. The van der Waals surface area contributed by atoms with E-state index in [1.165, 1.54) is 0 Å². The summed E-state index contributed by atoms with van der Waals surface area (Å²) in [5.74, 6) is 1.05. The summed E-state index contributed by atoms with van der Waals surface area (Å²) in [7, 11) is 0. The van der Waals surface area contributed by atoms with E-state index in [-0.39, 0.29) is 24.3 Å². The average molecular weight is 366 g/mol. The summed E-state index contributed by atoms with van der Waals surface area (Å²) in [4.78, 5) is 38.3. The monoisotopic (exact) mass is 366 g/mol. The highest BCUT2D eigenvalue weighted by atomic mass is 16.2. The summed E-state index contributed by atoms with van der Waals surface area (Å²) in [6.45, 7) is 8.33. The van der Waals surface area contributed by atoms with Crippen LogP contribution in [0.1, 0.15) is 46.5 Å². The van der Waals surface area contributed by atoms with E-state index < -0.39 is 5.69 Å². The molecule has 1 aromatic heterocycles. The second-order valence-electron chi connectivity index (χ2n) is 7.47. The fraction of sp³-hybridized carbons (Fsp3) is 0.824. The van der Waals surface area contributed by atoms with Crippen molar-refractivity contribution in [3.8, 4) is 0 Å². The molecular formula is C17H30N6O3. The zero-order chi connectivity index (χ0) is 19.1. The SMILES string of the molecule is CCC(CC(C)C)C(=O)NCCC1CCN(C(=O)Cn2nnc(=O)[nH]2)C1. The Kier molecular flexibility index (Phi) is 7.35. The van der Waals surface area contributed by atoms with Gasteiger partial charge in [0.2, 0.25) is 11.8 Å². The quantitative estimate of drug-likeness (QED) is 0.656. The van der Waals surface area contributed by atoms with Gasteiger partial charge < -0.3 is 10.2 Å². The predicted octanol–water partition coefficient (Wildman–Crippen LogP) is 0.394. The number of nitrogens with one attached hydrogen (secondary N) is 2. The lowest BCUT2D eigenvalue weighted by Gasteiger charge is -2.18. The number of aromatic amines is 1. The maximum Gasteiger partial charge on any atom is 0.381 e. The van der Waals surface area contributed by atoms with Crippen molar-refractivity contribution in [2.45, 2.75) is 53.0 Å². The van der Waals surface area contributed by atoms with Gasteiger partial charge >= 0.3 is 5.69 Å². The van der Waals surface area contributed by atoms with Crippen LogP contribution in [-0.2, 0) is 16.1 Å². The number of H-pyrrole nitrogens is 1. The van der Waals surface area contributed by atoms with Gasteiger partial charge in [-0.05, 0) is 42.7 Å². The van der Waals surface area contributed by atoms with Crippen LogP contribution in [0.4, 0.5) is 0 Å². The molecule has 0 radical (unpaired) electrons. The number of carbonyl (C=O) groups excluding carboxylic acids is 2. The molecule has 2 heterocycles. The van der Waals surface area contributed by atoms with Crippen molar-refractivity contribution in [2.75, 3.05) is 19.6 Å². The summed E-state index contributed by atoms with van der Waals surface area (Å²) < 4.78 is 0. The smallest absolute Gasteiger partial charge is 0.356 e. The first kappa shape index (κ1) is 20.1. The van der Waals surface area contributed by atoms with Gasteiger partial charge in [0.1, 0.15) is 6.54 Å². The van der Waals surface area contributed by atoms with Crippen molar-refractivity contribution in [1.82, 2.24) is 30.4 Å². The second kappa shape index (κ2) is 9.49. The van der Waals surface area contributed by atoms with Crippen LogP contribution < -0.4 is 11.0 Å². The van der Waals surface area contributed by atoms with Gasteiger partial charge in [0.25, 0.3) is 0 Å². The first-order valence-corrected chi connectivity index (χ1v) is 9.44. The Labute approximate surface area is 153 Å². The van der Waals surface area contributed by atoms with Crippen LogP contribution in [-0.4, -0.2) is 56.6 Å². The van der Waals surface area contributed by atoms with Crippen molar-refractivity contribution >= 4 is 11.8 Å².